The summed E-state index contributed by atoms with van der Waals surface area (Å²) < 4.78 is 0. The molecule has 7 heteroatoms. The van der Waals surface area contributed by atoms with E-state index in [0.717, 1.165) is 16.8 Å². The van der Waals surface area contributed by atoms with Gasteiger partial charge in [-0.05, 0) is 23.3 Å². The fraction of sp³-hybridized carbons (Fsp3) is 0.261. The standard InChI is InChI=1S/C23H21ClN4O2/c24-17-7-3-1-5-15(17)12-27-20-13-28(23(30)18-11-25-9-10-26-18)19-8-4-2-6-16(19)22(20)21(27)14-29/h1-11,20-22,29H,12-14H2/t20-,21+,22+/m0/s1. The minimum Gasteiger partial charge on any atom is -0.395 e. The number of rotatable bonds is 4. The van der Waals surface area contributed by atoms with Crippen molar-refractivity contribution in [1.82, 2.24) is 14.9 Å². The first-order valence-corrected chi connectivity index (χ1v) is 10.3. The van der Waals surface area contributed by atoms with Crippen LogP contribution in [0.15, 0.2) is 67.1 Å². The third-order valence-electron chi connectivity index (χ3n) is 6.16. The maximum atomic E-state index is 13.2. The molecule has 2 aliphatic rings. The first-order chi connectivity index (χ1) is 14.7. The van der Waals surface area contributed by atoms with Crippen molar-refractivity contribution in [2.75, 3.05) is 18.1 Å². The van der Waals surface area contributed by atoms with Crippen LogP contribution in [0.1, 0.15) is 27.5 Å². The molecule has 2 aromatic carbocycles. The van der Waals surface area contributed by atoms with Gasteiger partial charge in [-0.3, -0.25) is 14.7 Å². The van der Waals surface area contributed by atoms with Crippen molar-refractivity contribution in [1.29, 1.82) is 0 Å². The average Bonchev–Trinajstić information content (AvgIpc) is 2.78. The zero-order valence-corrected chi connectivity index (χ0v) is 17.0. The number of aliphatic hydroxyl groups is 1. The SMILES string of the molecule is O=C(c1cnccn1)N1C[C@H]2[C@@H](c3ccccc31)[C@@H](CO)N2Cc1ccccc1Cl. The number of aromatic nitrogens is 2. The highest BCUT2D eigenvalue weighted by atomic mass is 35.5. The number of para-hydroxylation sites is 1. The van der Waals surface area contributed by atoms with E-state index in [1.807, 2.05) is 42.5 Å². The summed E-state index contributed by atoms with van der Waals surface area (Å²) in [5.74, 6) is -0.00117. The molecule has 1 saturated heterocycles. The summed E-state index contributed by atoms with van der Waals surface area (Å²) in [6.45, 7) is 1.21. The topological polar surface area (TPSA) is 69.6 Å². The van der Waals surface area contributed by atoms with Crippen LogP contribution >= 0.6 is 11.6 Å². The summed E-state index contributed by atoms with van der Waals surface area (Å²) in [7, 11) is 0. The Kier molecular flexibility index (Phi) is 4.98. The van der Waals surface area contributed by atoms with E-state index in [1.165, 1.54) is 12.4 Å². The van der Waals surface area contributed by atoms with E-state index in [1.54, 1.807) is 11.1 Å². The summed E-state index contributed by atoms with van der Waals surface area (Å²) >= 11 is 6.39. The molecule has 0 saturated carbocycles. The number of likely N-dealkylation sites (tertiary alicyclic amines) is 1. The average molecular weight is 421 g/mol. The van der Waals surface area contributed by atoms with E-state index in [0.29, 0.717) is 23.8 Å². The van der Waals surface area contributed by atoms with Gasteiger partial charge in [-0.1, -0.05) is 48.0 Å². The number of halogens is 1. The van der Waals surface area contributed by atoms with Crippen LogP contribution in [0.5, 0.6) is 0 Å². The molecule has 5 rings (SSSR count). The van der Waals surface area contributed by atoms with E-state index in [2.05, 4.69) is 20.9 Å². The zero-order chi connectivity index (χ0) is 20.7. The first-order valence-electron chi connectivity index (χ1n) is 9.96. The smallest absolute Gasteiger partial charge is 0.278 e. The molecule has 0 radical (unpaired) electrons. The molecule has 1 amide bonds. The number of hydrogen-bond donors (Lipinski definition) is 1. The molecular formula is C23H21ClN4O2. The van der Waals surface area contributed by atoms with Crippen molar-refractivity contribution in [2.24, 2.45) is 0 Å². The number of amides is 1. The molecule has 1 N–H and O–H groups in total. The Morgan fingerprint density at radius 2 is 1.93 bits per heavy atom. The van der Waals surface area contributed by atoms with Gasteiger partial charge in [-0.15, -0.1) is 0 Å². The van der Waals surface area contributed by atoms with Crippen LogP contribution in [0, 0.1) is 0 Å². The highest BCUT2D eigenvalue weighted by molar-refractivity contribution is 6.31. The van der Waals surface area contributed by atoms with Crippen LogP contribution in [-0.4, -0.2) is 51.1 Å². The van der Waals surface area contributed by atoms with Crippen molar-refractivity contribution < 1.29 is 9.90 Å². The first kappa shape index (κ1) is 19.2. The zero-order valence-electron chi connectivity index (χ0n) is 16.2. The lowest BCUT2D eigenvalue weighted by Crippen LogP contribution is -2.68. The lowest BCUT2D eigenvalue weighted by atomic mass is 9.71. The van der Waals surface area contributed by atoms with Crippen LogP contribution in [0.3, 0.4) is 0 Å². The molecule has 6 nitrogen and oxygen atoms in total. The molecule has 1 fully saturated rings. The number of carbonyl (C=O) groups excluding carboxylic acids is 1. The molecule has 0 spiro atoms. The highest BCUT2D eigenvalue weighted by Gasteiger charge is 2.53. The third-order valence-corrected chi connectivity index (χ3v) is 6.53. The fourth-order valence-electron chi connectivity index (χ4n) is 4.76. The van der Waals surface area contributed by atoms with Gasteiger partial charge in [-0.25, -0.2) is 4.98 Å². The van der Waals surface area contributed by atoms with Crippen molar-refractivity contribution in [2.45, 2.75) is 24.5 Å². The van der Waals surface area contributed by atoms with E-state index in [4.69, 9.17) is 11.6 Å². The largest absolute Gasteiger partial charge is 0.395 e. The molecule has 0 unspecified atom stereocenters. The van der Waals surface area contributed by atoms with E-state index < -0.39 is 0 Å². The molecule has 2 aliphatic heterocycles. The molecule has 0 bridgehead atoms. The van der Waals surface area contributed by atoms with Gasteiger partial charge in [0.15, 0.2) is 0 Å². The quantitative estimate of drug-likeness (QED) is 0.702. The monoisotopic (exact) mass is 420 g/mol. The second-order valence-corrected chi connectivity index (χ2v) is 8.08. The van der Waals surface area contributed by atoms with Crippen LogP contribution in [-0.2, 0) is 6.54 Å². The van der Waals surface area contributed by atoms with Gasteiger partial charge in [0.25, 0.3) is 5.91 Å². The molecular weight excluding hydrogens is 400 g/mol. The van der Waals surface area contributed by atoms with E-state index in [9.17, 15) is 9.90 Å². The summed E-state index contributed by atoms with van der Waals surface area (Å²) in [5, 5.41) is 10.9. The second kappa shape index (κ2) is 7.80. The van der Waals surface area contributed by atoms with Crippen LogP contribution in [0.25, 0.3) is 0 Å². The second-order valence-electron chi connectivity index (χ2n) is 7.67. The number of fused-ring (bicyclic) bond motifs is 3. The van der Waals surface area contributed by atoms with Gasteiger partial charge < -0.3 is 10.0 Å². The normalized spacial score (nSPS) is 22.7. The Morgan fingerprint density at radius 1 is 1.13 bits per heavy atom. The van der Waals surface area contributed by atoms with Crippen LogP contribution in [0.2, 0.25) is 5.02 Å². The van der Waals surface area contributed by atoms with Crippen LogP contribution < -0.4 is 4.90 Å². The molecule has 3 heterocycles. The van der Waals surface area contributed by atoms with Gasteiger partial charge in [0, 0.05) is 54.2 Å². The fourth-order valence-corrected chi connectivity index (χ4v) is 4.96. The molecule has 3 aromatic rings. The lowest BCUT2D eigenvalue weighted by Gasteiger charge is -2.59. The maximum Gasteiger partial charge on any atom is 0.278 e. The molecule has 0 aliphatic carbocycles. The number of carbonyl (C=O) groups is 1. The van der Waals surface area contributed by atoms with Gasteiger partial charge in [0.1, 0.15) is 5.69 Å². The Morgan fingerprint density at radius 3 is 2.70 bits per heavy atom. The maximum absolute atomic E-state index is 13.2. The number of anilines is 1. The van der Waals surface area contributed by atoms with E-state index in [-0.39, 0.29) is 30.5 Å². The van der Waals surface area contributed by atoms with Gasteiger partial charge in [-0.2, -0.15) is 0 Å². The van der Waals surface area contributed by atoms with Crippen molar-refractivity contribution >= 4 is 23.2 Å². The third kappa shape index (κ3) is 3.08. The predicted molar refractivity (Wildman–Crippen MR) is 115 cm³/mol. The number of benzene rings is 2. The summed E-state index contributed by atoms with van der Waals surface area (Å²) in [6.07, 6.45) is 4.58. The minimum atomic E-state index is -0.167. The van der Waals surface area contributed by atoms with Gasteiger partial charge >= 0.3 is 0 Å². The Balaban J connectivity index is 1.50. The van der Waals surface area contributed by atoms with Gasteiger partial charge in [0.05, 0.1) is 12.8 Å². The summed E-state index contributed by atoms with van der Waals surface area (Å²) in [4.78, 5) is 25.5. The number of aliphatic hydroxyl groups excluding tert-OH is 1. The van der Waals surface area contributed by atoms with Gasteiger partial charge in [0.2, 0.25) is 0 Å². The van der Waals surface area contributed by atoms with E-state index >= 15 is 0 Å². The minimum absolute atomic E-state index is 0.0128. The number of nitrogens with zero attached hydrogens (tertiary/aromatic N) is 4. The molecule has 152 valence electrons. The van der Waals surface area contributed by atoms with Crippen molar-refractivity contribution in [3.05, 3.63) is 89.0 Å². The Hall–Kier alpha value is -2.80. The lowest BCUT2D eigenvalue weighted by molar-refractivity contribution is -0.0488. The van der Waals surface area contributed by atoms with Crippen molar-refractivity contribution in [3.63, 3.8) is 0 Å². The molecule has 1 aromatic heterocycles. The highest BCUT2D eigenvalue weighted by Crippen LogP contribution is 2.49. The number of hydrogen-bond acceptors (Lipinski definition) is 5. The summed E-state index contributed by atoms with van der Waals surface area (Å²) in [6, 6.07) is 15.8. The Labute approximate surface area is 179 Å². The Bertz CT molecular complexity index is 1080. The van der Waals surface area contributed by atoms with Crippen molar-refractivity contribution in [3.8, 4) is 0 Å². The summed E-state index contributed by atoms with van der Waals surface area (Å²) in [5.41, 5.74) is 3.30. The van der Waals surface area contributed by atoms with Crippen LogP contribution in [0.4, 0.5) is 5.69 Å². The predicted octanol–water partition coefficient (Wildman–Crippen LogP) is 3.12. The molecule has 30 heavy (non-hydrogen) atoms. The molecule has 3 atom stereocenters.